The normalized spacial score (nSPS) is 31.8. The number of nitrogens with zero attached hydrogens (tertiary/aromatic N) is 2. The third-order valence-corrected chi connectivity index (χ3v) is 7.83. The Bertz CT molecular complexity index is 1040. The SMILES string of the molecule is C=CC(=O)NC1CN(C)CC1Nc1cc2c(cn1)CCC1=C2NC2CC3(CC3)NC(=O)C12. The van der Waals surface area contributed by atoms with Crippen molar-refractivity contribution < 1.29 is 9.59 Å². The van der Waals surface area contributed by atoms with Crippen LogP contribution in [0.3, 0.4) is 0 Å². The molecule has 2 saturated heterocycles. The van der Waals surface area contributed by atoms with E-state index in [9.17, 15) is 9.59 Å². The molecular weight excluding hydrogens is 404 g/mol. The number of pyridine rings is 1. The highest BCUT2D eigenvalue weighted by Crippen LogP contribution is 2.49. The zero-order valence-corrected chi connectivity index (χ0v) is 18.4. The van der Waals surface area contributed by atoms with Crippen molar-refractivity contribution in [2.75, 3.05) is 25.5 Å². The van der Waals surface area contributed by atoms with Gasteiger partial charge in [-0.2, -0.15) is 0 Å². The summed E-state index contributed by atoms with van der Waals surface area (Å²) in [6.07, 6.45) is 8.31. The molecule has 168 valence electrons. The molecule has 2 amide bonds. The molecule has 4 unspecified atom stereocenters. The number of likely N-dealkylation sites (N-methyl/N-ethyl adjacent to an activating group) is 1. The van der Waals surface area contributed by atoms with E-state index in [-0.39, 0.29) is 41.4 Å². The van der Waals surface area contributed by atoms with E-state index < -0.39 is 0 Å². The van der Waals surface area contributed by atoms with Crippen LogP contribution in [-0.2, 0) is 16.0 Å². The molecule has 0 radical (unpaired) electrons. The van der Waals surface area contributed by atoms with Crippen LogP contribution in [0.5, 0.6) is 0 Å². The van der Waals surface area contributed by atoms with E-state index in [0.29, 0.717) is 0 Å². The van der Waals surface area contributed by atoms with E-state index in [1.807, 2.05) is 13.2 Å². The second-order valence-corrected chi connectivity index (χ2v) is 10.1. The molecule has 8 heteroatoms. The monoisotopic (exact) mass is 434 g/mol. The zero-order valence-electron chi connectivity index (χ0n) is 18.4. The van der Waals surface area contributed by atoms with Crippen molar-refractivity contribution in [1.29, 1.82) is 0 Å². The van der Waals surface area contributed by atoms with Gasteiger partial charge in [0.15, 0.2) is 0 Å². The number of amides is 2. The van der Waals surface area contributed by atoms with Crippen LogP contribution >= 0.6 is 0 Å². The molecule has 4 heterocycles. The Morgan fingerprint density at radius 2 is 2.12 bits per heavy atom. The van der Waals surface area contributed by atoms with Gasteiger partial charge in [-0.25, -0.2) is 4.98 Å². The maximum absolute atomic E-state index is 12.9. The maximum Gasteiger partial charge on any atom is 0.243 e. The summed E-state index contributed by atoms with van der Waals surface area (Å²) in [7, 11) is 2.05. The Balaban J connectivity index is 1.25. The number of aromatic nitrogens is 1. The number of carbonyl (C=O) groups is 2. The van der Waals surface area contributed by atoms with Gasteiger partial charge in [0.2, 0.25) is 11.8 Å². The lowest BCUT2D eigenvalue weighted by Gasteiger charge is -2.33. The molecule has 0 aromatic carbocycles. The highest BCUT2D eigenvalue weighted by molar-refractivity contribution is 5.91. The number of piperidine rings is 1. The molecular formula is C24H30N6O2. The number of rotatable bonds is 4. The van der Waals surface area contributed by atoms with Crippen molar-refractivity contribution in [3.05, 3.63) is 41.6 Å². The lowest BCUT2D eigenvalue weighted by Crippen LogP contribution is -2.54. The van der Waals surface area contributed by atoms with Crippen LogP contribution in [-0.4, -0.2) is 65.5 Å². The molecule has 4 atom stereocenters. The van der Waals surface area contributed by atoms with Crippen molar-refractivity contribution in [3.63, 3.8) is 0 Å². The predicted molar refractivity (Wildman–Crippen MR) is 122 cm³/mol. The molecule has 1 saturated carbocycles. The molecule has 0 bridgehead atoms. The Labute approximate surface area is 187 Å². The van der Waals surface area contributed by atoms with Crippen molar-refractivity contribution in [1.82, 2.24) is 25.8 Å². The Morgan fingerprint density at radius 1 is 1.31 bits per heavy atom. The van der Waals surface area contributed by atoms with Gasteiger partial charge in [0.1, 0.15) is 5.82 Å². The van der Waals surface area contributed by atoms with E-state index in [1.54, 1.807) is 0 Å². The summed E-state index contributed by atoms with van der Waals surface area (Å²) < 4.78 is 0. The standard InChI is InChI=1S/C24H30N6O2/c1-3-20(31)27-18-12-30(2)11-17(18)26-19-8-15-13(10-25-19)4-5-14-21-16(28-22(14)15)9-24(6-7-24)29-23(21)32/h3,8,10,16-18,21,28H,1,4-7,9,11-12H2,2H3,(H,25,26)(H,27,31)(H,29,32). The second kappa shape index (κ2) is 7.07. The van der Waals surface area contributed by atoms with Crippen LogP contribution < -0.4 is 21.3 Å². The smallest absolute Gasteiger partial charge is 0.243 e. The molecule has 1 spiro atoms. The third-order valence-electron chi connectivity index (χ3n) is 7.83. The molecule has 3 aliphatic heterocycles. The summed E-state index contributed by atoms with van der Waals surface area (Å²) in [6.45, 7) is 5.16. The van der Waals surface area contributed by atoms with E-state index in [0.717, 1.165) is 62.3 Å². The fourth-order valence-corrected chi connectivity index (χ4v) is 6.08. The minimum atomic E-state index is -0.158. The molecule has 32 heavy (non-hydrogen) atoms. The van der Waals surface area contributed by atoms with Gasteiger partial charge in [0, 0.05) is 42.1 Å². The van der Waals surface area contributed by atoms with Crippen LogP contribution in [0.4, 0.5) is 5.82 Å². The number of nitrogens with one attached hydrogen (secondary N) is 4. The fraction of sp³-hybridized carbons (Fsp3) is 0.542. The van der Waals surface area contributed by atoms with Gasteiger partial charge in [-0.15, -0.1) is 0 Å². The quantitative estimate of drug-likeness (QED) is 0.523. The fourth-order valence-electron chi connectivity index (χ4n) is 6.08. The lowest BCUT2D eigenvalue weighted by atomic mass is 9.80. The number of aryl methyl sites for hydroxylation is 1. The molecule has 1 aromatic rings. The highest BCUT2D eigenvalue weighted by Gasteiger charge is 2.55. The van der Waals surface area contributed by atoms with E-state index in [4.69, 9.17) is 0 Å². The van der Waals surface area contributed by atoms with Gasteiger partial charge in [-0.3, -0.25) is 9.59 Å². The maximum atomic E-state index is 12.9. The third kappa shape index (κ3) is 3.20. The molecule has 1 aromatic heterocycles. The van der Waals surface area contributed by atoms with Crippen LogP contribution in [0.2, 0.25) is 0 Å². The Hall–Kier alpha value is -2.87. The van der Waals surface area contributed by atoms with Crippen LogP contribution in [0.25, 0.3) is 5.70 Å². The number of anilines is 1. The predicted octanol–water partition coefficient (Wildman–Crippen LogP) is 0.776. The Kier molecular flexibility index (Phi) is 4.37. The number of likely N-dealkylation sites (tertiary alicyclic amines) is 1. The topological polar surface area (TPSA) is 98.4 Å². The second-order valence-electron chi connectivity index (χ2n) is 10.1. The first-order valence-electron chi connectivity index (χ1n) is 11.6. The summed E-state index contributed by atoms with van der Waals surface area (Å²) >= 11 is 0. The number of fused-ring (bicyclic) bond motifs is 4. The van der Waals surface area contributed by atoms with Gasteiger partial charge >= 0.3 is 0 Å². The van der Waals surface area contributed by atoms with Crippen molar-refractivity contribution in [2.24, 2.45) is 5.92 Å². The minimum absolute atomic E-state index is 0.0102. The summed E-state index contributed by atoms with van der Waals surface area (Å²) in [5, 5.41) is 13.6. The number of carbonyl (C=O) groups excluding carboxylic acids is 2. The van der Waals surface area contributed by atoms with Gasteiger partial charge < -0.3 is 26.2 Å². The van der Waals surface area contributed by atoms with Crippen LogP contribution in [0, 0.1) is 5.92 Å². The number of hydrogen-bond acceptors (Lipinski definition) is 6. The van der Waals surface area contributed by atoms with Crippen molar-refractivity contribution in [3.8, 4) is 0 Å². The molecule has 3 fully saturated rings. The molecule has 2 aliphatic carbocycles. The van der Waals surface area contributed by atoms with E-state index in [2.05, 4.69) is 43.8 Å². The van der Waals surface area contributed by atoms with Crippen LogP contribution in [0.15, 0.2) is 30.5 Å². The summed E-state index contributed by atoms with van der Waals surface area (Å²) in [4.78, 5) is 31.6. The molecule has 5 aliphatic rings. The lowest BCUT2D eigenvalue weighted by molar-refractivity contribution is -0.127. The average molecular weight is 435 g/mol. The van der Waals surface area contributed by atoms with Gasteiger partial charge in [-0.1, -0.05) is 6.58 Å². The largest absolute Gasteiger partial charge is 0.381 e. The van der Waals surface area contributed by atoms with E-state index in [1.165, 1.54) is 17.2 Å². The van der Waals surface area contributed by atoms with E-state index >= 15 is 0 Å². The zero-order chi connectivity index (χ0) is 22.0. The summed E-state index contributed by atoms with van der Waals surface area (Å²) in [5.74, 6) is 0.794. The molecule has 8 nitrogen and oxygen atoms in total. The minimum Gasteiger partial charge on any atom is -0.381 e. The molecule has 4 N–H and O–H groups in total. The van der Waals surface area contributed by atoms with Crippen LogP contribution in [0.1, 0.15) is 36.8 Å². The first kappa shape index (κ1) is 19.8. The summed E-state index contributed by atoms with van der Waals surface area (Å²) in [6, 6.07) is 2.37. The first-order valence-corrected chi connectivity index (χ1v) is 11.6. The van der Waals surface area contributed by atoms with Crippen molar-refractivity contribution >= 4 is 23.3 Å². The first-order chi connectivity index (χ1) is 15.4. The number of hydrogen-bond donors (Lipinski definition) is 4. The molecule has 6 rings (SSSR count). The highest BCUT2D eigenvalue weighted by atomic mass is 16.2. The Morgan fingerprint density at radius 3 is 2.91 bits per heavy atom. The van der Waals surface area contributed by atoms with Gasteiger partial charge in [0.05, 0.1) is 18.0 Å². The summed E-state index contributed by atoms with van der Waals surface area (Å²) in [5.41, 5.74) is 4.83. The van der Waals surface area contributed by atoms with Gasteiger partial charge in [0.25, 0.3) is 0 Å². The van der Waals surface area contributed by atoms with Gasteiger partial charge in [-0.05, 0) is 62.4 Å². The average Bonchev–Trinajstić information content (AvgIpc) is 3.24. The van der Waals surface area contributed by atoms with Crippen molar-refractivity contribution in [2.45, 2.75) is 55.8 Å².